The number of alkyl halides is 4. The van der Waals surface area contributed by atoms with E-state index in [2.05, 4.69) is 4.98 Å². The Bertz CT molecular complexity index is 639. The molecule has 1 amide bonds. The molecular formula is C12H11F4N3O. The van der Waals surface area contributed by atoms with Crippen LogP contribution in [-0.2, 0) is 0 Å². The third kappa shape index (κ3) is 2.68. The molecule has 108 valence electrons. The molecule has 0 fully saturated rings. The number of carbonyl (C=O) groups excluding carboxylic acids is 1. The van der Waals surface area contributed by atoms with Crippen molar-refractivity contribution in [3.63, 3.8) is 0 Å². The number of H-pyrrole nitrogens is 1. The highest BCUT2D eigenvalue weighted by atomic mass is 19.3. The Morgan fingerprint density at radius 2 is 2.10 bits per heavy atom. The smallest absolute Gasteiger partial charge is 0.324 e. The van der Waals surface area contributed by atoms with Gasteiger partial charge < -0.3 is 16.0 Å². The number of rotatable bonds is 4. The van der Waals surface area contributed by atoms with Crippen molar-refractivity contribution in [3.05, 3.63) is 30.0 Å². The van der Waals surface area contributed by atoms with Crippen LogP contribution in [-0.4, -0.2) is 29.8 Å². The van der Waals surface area contributed by atoms with E-state index in [-0.39, 0.29) is 5.56 Å². The van der Waals surface area contributed by atoms with Gasteiger partial charge in [-0.25, -0.2) is 8.78 Å². The molecular weight excluding hydrogens is 278 g/mol. The predicted molar refractivity (Wildman–Crippen MR) is 66.0 cm³/mol. The summed E-state index contributed by atoms with van der Waals surface area (Å²) in [6.45, 7) is -1.43. The molecule has 1 aromatic heterocycles. The van der Waals surface area contributed by atoms with Gasteiger partial charge in [0.25, 0.3) is 5.91 Å². The first-order valence-corrected chi connectivity index (χ1v) is 5.62. The van der Waals surface area contributed by atoms with Gasteiger partial charge in [-0.3, -0.25) is 4.79 Å². The number of amides is 1. The van der Waals surface area contributed by atoms with Crippen LogP contribution >= 0.6 is 0 Å². The highest BCUT2D eigenvalue weighted by molar-refractivity contribution is 6.07. The number of nitrogens with two attached hydrogens (primary N) is 1. The topological polar surface area (TPSA) is 70.9 Å². The molecule has 0 radical (unpaired) electrons. The number of aromatic amines is 1. The summed E-state index contributed by atoms with van der Waals surface area (Å²) >= 11 is 0. The second kappa shape index (κ2) is 5.03. The van der Waals surface area contributed by atoms with E-state index in [0.29, 0.717) is 16.6 Å². The molecule has 20 heavy (non-hydrogen) atoms. The predicted octanol–water partition coefficient (Wildman–Crippen LogP) is 2.38. The lowest BCUT2D eigenvalue weighted by Crippen LogP contribution is -2.41. The maximum atomic E-state index is 12.7. The lowest BCUT2D eigenvalue weighted by molar-refractivity contribution is -0.123. The number of anilines is 1. The first-order chi connectivity index (χ1) is 9.31. The van der Waals surface area contributed by atoms with Gasteiger partial charge in [-0.15, -0.1) is 0 Å². The van der Waals surface area contributed by atoms with Crippen LogP contribution in [0.2, 0.25) is 0 Å². The van der Waals surface area contributed by atoms with E-state index < -0.39 is 24.8 Å². The molecule has 2 rings (SSSR count). The molecule has 2 aromatic rings. The number of nitrogens with one attached hydrogen (secondary N) is 2. The number of hydrogen-bond acceptors (Lipinski definition) is 2. The highest BCUT2D eigenvalue weighted by Gasteiger charge is 2.40. The molecule has 0 unspecified atom stereocenters. The van der Waals surface area contributed by atoms with Crippen LogP contribution in [0.25, 0.3) is 10.9 Å². The van der Waals surface area contributed by atoms with Crippen LogP contribution in [0.1, 0.15) is 10.4 Å². The molecule has 0 aliphatic rings. The molecule has 0 bridgehead atoms. The number of aromatic nitrogens is 1. The molecule has 0 aliphatic heterocycles. The van der Waals surface area contributed by atoms with Crippen LogP contribution < -0.4 is 11.1 Å². The lowest BCUT2D eigenvalue weighted by Gasteiger charge is -2.15. The van der Waals surface area contributed by atoms with Gasteiger partial charge in [0.1, 0.15) is 0 Å². The van der Waals surface area contributed by atoms with E-state index in [0.717, 1.165) is 0 Å². The molecule has 1 heterocycles. The third-order valence-electron chi connectivity index (χ3n) is 2.75. The molecule has 0 saturated heterocycles. The van der Waals surface area contributed by atoms with Gasteiger partial charge >= 0.3 is 12.3 Å². The van der Waals surface area contributed by atoms with Crippen molar-refractivity contribution < 1.29 is 22.4 Å². The number of halogens is 4. The molecule has 0 spiro atoms. The van der Waals surface area contributed by atoms with E-state index in [4.69, 9.17) is 5.73 Å². The Hall–Kier alpha value is -2.25. The van der Waals surface area contributed by atoms with Crippen LogP contribution in [0.5, 0.6) is 0 Å². The highest BCUT2D eigenvalue weighted by Crippen LogP contribution is 2.23. The van der Waals surface area contributed by atoms with E-state index in [1.165, 1.54) is 12.3 Å². The summed E-state index contributed by atoms with van der Waals surface area (Å²) < 4.78 is 49.4. The number of benzene rings is 1. The largest absolute Gasteiger partial charge is 0.399 e. The molecule has 0 atom stereocenters. The number of nitrogen functional groups attached to an aromatic ring is 1. The van der Waals surface area contributed by atoms with Crippen molar-refractivity contribution in [3.8, 4) is 0 Å². The fraction of sp³-hybridized carbons (Fsp3) is 0.250. The second-order valence-electron chi connectivity index (χ2n) is 4.25. The second-order valence-corrected chi connectivity index (χ2v) is 4.25. The fourth-order valence-electron chi connectivity index (χ4n) is 1.70. The van der Waals surface area contributed by atoms with E-state index in [1.807, 2.05) is 0 Å². The van der Waals surface area contributed by atoms with Crippen molar-refractivity contribution >= 4 is 22.5 Å². The van der Waals surface area contributed by atoms with E-state index in [1.54, 1.807) is 17.4 Å². The number of fused-ring (bicyclic) bond motifs is 1. The van der Waals surface area contributed by atoms with Gasteiger partial charge in [0.05, 0.1) is 12.1 Å². The van der Waals surface area contributed by atoms with E-state index in [9.17, 15) is 22.4 Å². The molecule has 0 saturated carbocycles. The number of hydrogen-bond donors (Lipinski definition) is 3. The molecule has 0 aliphatic carbocycles. The SMILES string of the molecule is Nc1ccc2[nH]cc(C(=O)NCC(F)(F)C(F)F)c2c1. The average molecular weight is 289 g/mol. The summed E-state index contributed by atoms with van der Waals surface area (Å²) in [5, 5.41) is 2.22. The third-order valence-corrected chi connectivity index (χ3v) is 2.75. The summed E-state index contributed by atoms with van der Waals surface area (Å²) in [6, 6.07) is 4.71. The normalized spacial score (nSPS) is 12.1. The van der Waals surface area contributed by atoms with Crippen LogP contribution in [0.4, 0.5) is 23.2 Å². The monoisotopic (exact) mass is 289 g/mol. The van der Waals surface area contributed by atoms with Crippen molar-refractivity contribution in [1.29, 1.82) is 0 Å². The van der Waals surface area contributed by atoms with Crippen LogP contribution in [0.15, 0.2) is 24.4 Å². The maximum absolute atomic E-state index is 12.7. The molecule has 8 heteroatoms. The first-order valence-electron chi connectivity index (χ1n) is 5.62. The summed E-state index contributed by atoms with van der Waals surface area (Å²) in [4.78, 5) is 14.5. The Morgan fingerprint density at radius 3 is 2.75 bits per heavy atom. The Kier molecular flexibility index (Phi) is 3.56. The minimum atomic E-state index is -4.26. The summed E-state index contributed by atoms with van der Waals surface area (Å²) in [7, 11) is 0. The lowest BCUT2D eigenvalue weighted by atomic mass is 10.1. The van der Waals surface area contributed by atoms with Gasteiger partial charge in [0, 0.05) is 22.8 Å². The van der Waals surface area contributed by atoms with Crippen molar-refractivity contribution in [2.75, 3.05) is 12.3 Å². The van der Waals surface area contributed by atoms with Crippen LogP contribution in [0, 0.1) is 0 Å². The zero-order chi connectivity index (χ0) is 14.9. The average Bonchev–Trinajstić information content (AvgIpc) is 2.78. The van der Waals surface area contributed by atoms with Gasteiger partial charge in [0.15, 0.2) is 0 Å². The Balaban J connectivity index is 2.18. The van der Waals surface area contributed by atoms with Gasteiger partial charge in [-0.1, -0.05) is 0 Å². The fourth-order valence-corrected chi connectivity index (χ4v) is 1.70. The van der Waals surface area contributed by atoms with Crippen molar-refractivity contribution in [1.82, 2.24) is 10.3 Å². The summed E-state index contributed by atoms with van der Waals surface area (Å²) in [5.41, 5.74) is 6.62. The van der Waals surface area contributed by atoms with E-state index >= 15 is 0 Å². The van der Waals surface area contributed by atoms with Gasteiger partial charge in [-0.2, -0.15) is 8.78 Å². The standard InChI is InChI=1S/C12H11F4N3O/c13-11(14)12(15,16)5-19-10(20)8-4-18-9-2-1-6(17)3-7(8)9/h1-4,11,18H,5,17H2,(H,19,20). The Morgan fingerprint density at radius 1 is 1.40 bits per heavy atom. The minimum Gasteiger partial charge on any atom is -0.399 e. The molecule has 1 aromatic carbocycles. The summed E-state index contributed by atoms with van der Waals surface area (Å²) in [5.74, 6) is -5.14. The zero-order valence-corrected chi connectivity index (χ0v) is 10.1. The Labute approximate surface area is 110 Å². The van der Waals surface area contributed by atoms with Gasteiger partial charge in [0.2, 0.25) is 0 Å². The van der Waals surface area contributed by atoms with Crippen LogP contribution in [0.3, 0.4) is 0 Å². The first kappa shape index (κ1) is 14.2. The summed E-state index contributed by atoms with van der Waals surface area (Å²) in [6.07, 6.45) is -2.53. The minimum absolute atomic E-state index is 0.0670. The van der Waals surface area contributed by atoms with Crippen molar-refractivity contribution in [2.45, 2.75) is 12.3 Å². The number of carbonyl (C=O) groups is 1. The van der Waals surface area contributed by atoms with Crippen molar-refractivity contribution in [2.24, 2.45) is 0 Å². The zero-order valence-electron chi connectivity index (χ0n) is 10.1. The molecule has 4 nitrogen and oxygen atoms in total. The van der Waals surface area contributed by atoms with Gasteiger partial charge in [-0.05, 0) is 18.2 Å². The molecule has 4 N–H and O–H groups in total. The quantitative estimate of drug-likeness (QED) is 0.597. The maximum Gasteiger partial charge on any atom is 0.324 e.